The van der Waals surface area contributed by atoms with E-state index in [0.29, 0.717) is 6.61 Å². The molecule has 1 unspecified atom stereocenters. The third-order valence-corrected chi connectivity index (χ3v) is 3.78. The lowest BCUT2D eigenvalue weighted by molar-refractivity contribution is 0.252. The van der Waals surface area contributed by atoms with Gasteiger partial charge in [0.25, 0.3) is 0 Å². The molecular formula is C14H23NO3S. The fourth-order valence-corrected chi connectivity index (χ4v) is 3.10. The number of rotatable bonds is 7. The second kappa shape index (κ2) is 6.91. The van der Waals surface area contributed by atoms with Gasteiger partial charge in [0.15, 0.2) is 0 Å². The molecule has 0 aliphatic rings. The highest BCUT2D eigenvalue weighted by Crippen LogP contribution is 2.18. The minimum absolute atomic E-state index is 0.0222. The van der Waals surface area contributed by atoms with Crippen molar-refractivity contribution in [2.75, 3.05) is 12.4 Å². The summed E-state index contributed by atoms with van der Waals surface area (Å²) < 4.78 is 28.0. The molecule has 1 aromatic rings. The van der Waals surface area contributed by atoms with Crippen molar-refractivity contribution in [1.29, 1.82) is 0 Å². The summed E-state index contributed by atoms with van der Waals surface area (Å²) in [7, 11) is -3.45. The molecule has 0 aliphatic carbocycles. The zero-order valence-corrected chi connectivity index (χ0v) is 12.7. The van der Waals surface area contributed by atoms with E-state index < -0.39 is 10.0 Å². The van der Waals surface area contributed by atoms with E-state index in [1.165, 1.54) is 0 Å². The molecule has 0 aliphatic heterocycles. The van der Waals surface area contributed by atoms with Gasteiger partial charge in [0.2, 0.25) is 10.0 Å². The lowest BCUT2D eigenvalue weighted by atomic mass is 10.1. The lowest BCUT2D eigenvalue weighted by Crippen LogP contribution is -2.27. The van der Waals surface area contributed by atoms with Crippen molar-refractivity contribution in [2.45, 2.75) is 33.6 Å². The maximum Gasteiger partial charge on any atom is 0.209 e. The van der Waals surface area contributed by atoms with E-state index in [0.717, 1.165) is 29.7 Å². The monoisotopic (exact) mass is 285 g/mol. The van der Waals surface area contributed by atoms with Crippen LogP contribution in [0.25, 0.3) is 0 Å². The van der Waals surface area contributed by atoms with Crippen LogP contribution in [-0.4, -0.2) is 20.8 Å². The molecule has 0 saturated carbocycles. The summed E-state index contributed by atoms with van der Waals surface area (Å²) in [5.41, 5.74) is 2.27. The summed E-state index contributed by atoms with van der Waals surface area (Å²) in [6.45, 7) is 6.42. The minimum atomic E-state index is -3.45. The molecule has 0 saturated heterocycles. The summed E-state index contributed by atoms with van der Waals surface area (Å²) in [6, 6.07) is 5.97. The van der Waals surface area contributed by atoms with Gasteiger partial charge in [-0.25, -0.2) is 13.6 Å². The Morgan fingerprint density at radius 1 is 1.21 bits per heavy atom. The first-order valence-corrected chi connectivity index (χ1v) is 8.23. The molecule has 1 rings (SSSR count). The predicted octanol–water partition coefficient (Wildman–Crippen LogP) is 2.39. The molecule has 0 radical (unpaired) electrons. The average molecular weight is 285 g/mol. The molecule has 0 heterocycles. The first kappa shape index (κ1) is 16.0. The number of primary sulfonamides is 1. The second-order valence-electron chi connectivity index (χ2n) is 5.12. The van der Waals surface area contributed by atoms with Gasteiger partial charge in [-0.15, -0.1) is 0 Å². The van der Waals surface area contributed by atoms with Gasteiger partial charge in [-0.3, -0.25) is 0 Å². The average Bonchev–Trinajstić information content (AvgIpc) is 2.23. The van der Waals surface area contributed by atoms with Gasteiger partial charge in [0.05, 0.1) is 12.4 Å². The molecule has 1 atom stereocenters. The van der Waals surface area contributed by atoms with Crippen molar-refractivity contribution in [3.63, 3.8) is 0 Å². The Bertz CT molecular complexity index is 491. The van der Waals surface area contributed by atoms with E-state index in [1.54, 1.807) is 0 Å². The van der Waals surface area contributed by atoms with E-state index in [9.17, 15) is 8.42 Å². The first-order valence-electron chi connectivity index (χ1n) is 6.51. The summed E-state index contributed by atoms with van der Waals surface area (Å²) in [5.74, 6) is 0.708. The molecule has 2 N–H and O–H groups in total. The highest BCUT2D eigenvalue weighted by atomic mass is 32.2. The third kappa shape index (κ3) is 6.59. The summed E-state index contributed by atoms with van der Waals surface area (Å²) in [4.78, 5) is 0. The summed E-state index contributed by atoms with van der Waals surface area (Å²) in [5, 5.41) is 5.10. The molecule has 4 nitrogen and oxygen atoms in total. The Morgan fingerprint density at radius 3 is 2.26 bits per heavy atom. The molecule has 0 amide bonds. The second-order valence-corrected chi connectivity index (χ2v) is 6.78. The fourth-order valence-electron chi connectivity index (χ4n) is 2.18. The molecule has 0 aromatic heterocycles. The van der Waals surface area contributed by atoms with Crippen LogP contribution in [0.3, 0.4) is 0 Å². The van der Waals surface area contributed by atoms with E-state index in [4.69, 9.17) is 9.88 Å². The van der Waals surface area contributed by atoms with E-state index in [1.807, 2.05) is 32.9 Å². The van der Waals surface area contributed by atoms with Crippen LogP contribution in [-0.2, 0) is 10.0 Å². The fraction of sp³-hybridized carbons (Fsp3) is 0.571. The topological polar surface area (TPSA) is 69.4 Å². The van der Waals surface area contributed by atoms with Gasteiger partial charge in [-0.1, -0.05) is 19.4 Å². The minimum Gasteiger partial charge on any atom is -0.493 e. The van der Waals surface area contributed by atoms with Crippen LogP contribution in [0.15, 0.2) is 18.2 Å². The standard InChI is InChI=1S/C14H23NO3S/c1-4-5-13(10-19(15,16)17)9-18-14-7-11(2)6-12(3)8-14/h6-8,13H,4-5,9-10H2,1-3H3,(H2,15,16,17). The van der Waals surface area contributed by atoms with E-state index in [2.05, 4.69) is 6.07 Å². The molecule has 0 spiro atoms. The van der Waals surface area contributed by atoms with Crippen molar-refractivity contribution in [3.8, 4) is 5.75 Å². The number of benzene rings is 1. The number of hydrogen-bond acceptors (Lipinski definition) is 3. The van der Waals surface area contributed by atoms with Crippen molar-refractivity contribution in [2.24, 2.45) is 11.1 Å². The quantitative estimate of drug-likeness (QED) is 0.836. The van der Waals surface area contributed by atoms with Crippen LogP contribution in [0, 0.1) is 19.8 Å². The van der Waals surface area contributed by atoms with Gasteiger partial charge >= 0.3 is 0 Å². The molecule has 0 fully saturated rings. The normalized spacial score (nSPS) is 13.3. The predicted molar refractivity (Wildman–Crippen MR) is 77.8 cm³/mol. The van der Waals surface area contributed by atoms with Crippen LogP contribution in [0.5, 0.6) is 5.75 Å². The summed E-state index contributed by atoms with van der Waals surface area (Å²) in [6.07, 6.45) is 1.71. The maximum atomic E-state index is 11.2. The van der Waals surface area contributed by atoms with Crippen LogP contribution in [0.1, 0.15) is 30.9 Å². The molecule has 19 heavy (non-hydrogen) atoms. The zero-order valence-electron chi connectivity index (χ0n) is 11.8. The van der Waals surface area contributed by atoms with Crippen molar-refractivity contribution >= 4 is 10.0 Å². The van der Waals surface area contributed by atoms with Crippen LogP contribution in [0.2, 0.25) is 0 Å². The Morgan fingerprint density at radius 2 is 1.79 bits per heavy atom. The third-order valence-electron chi connectivity index (χ3n) is 2.85. The molecule has 1 aromatic carbocycles. The number of aryl methyl sites for hydroxylation is 2. The number of ether oxygens (including phenoxy) is 1. The molecule has 0 bridgehead atoms. The number of hydrogen-bond donors (Lipinski definition) is 1. The Balaban J connectivity index is 2.65. The molecule has 108 valence electrons. The molecular weight excluding hydrogens is 262 g/mol. The van der Waals surface area contributed by atoms with Crippen molar-refractivity contribution in [1.82, 2.24) is 0 Å². The number of sulfonamides is 1. The Kier molecular flexibility index (Phi) is 5.82. The van der Waals surface area contributed by atoms with Crippen molar-refractivity contribution < 1.29 is 13.2 Å². The van der Waals surface area contributed by atoms with Gasteiger partial charge in [0, 0.05) is 5.92 Å². The number of nitrogens with two attached hydrogens (primary N) is 1. The molecule has 5 heteroatoms. The Labute approximate surface area is 116 Å². The van der Waals surface area contributed by atoms with Crippen LogP contribution < -0.4 is 9.88 Å². The summed E-state index contributed by atoms with van der Waals surface area (Å²) >= 11 is 0. The van der Waals surface area contributed by atoms with Gasteiger partial charge in [0.1, 0.15) is 5.75 Å². The van der Waals surface area contributed by atoms with Crippen LogP contribution in [0.4, 0.5) is 0 Å². The van der Waals surface area contributed by atoms with Gasteiger partial charge < -0.3 is 4.74 Å². The lowest BCUT2D eigenvalue weighted by Gasteiger charge is -2.16. The smallest absolute Gasteiger partial charge is 0.209 e. The highest BCUT2D eigenvalue weighted by molar-refractivity contribution is 7.89. The zero-order chi connectivity index (χ0) is 14.5. The van der Waals surface area contributed by atoms with Crippen molar-refractivity contribution in [3.05, 3.63) is 29.3 Å². The largest absolute Gasteiger partial charge is 0.493 e. The van der Waals surface area contributed by atoms with Gasteiger partial charge in [-0.05, 0) is 43.5 Å². The van der Waals surface area contributed by atoms with Gasteiger partial charge in [-0.2, -0.15) is 0 Å². The maximum absolute atomic E-state index is 11.2. The Hall–Kier alpha value is -1.07. The van der Waals surface area contributed by atoms with E-state index >= 15 is 0 Å². The SMILES string of the molecule is CCCC(COc1cc(C)cc(C)c1)CS(N)(=O)=O. The first-order chi connectivity index (χ1) is 8.80. The highest BCUT2D eigenvalue weighted by Gasteiger charge is 2.16. The van der Waals surface area contributed by atoms with Crippen LogP contribution >= 0.6 is 0 Å². The van der Waals surface area contributed by atoms with E-state index in [-0.39, 0.29) is 11.7 Å².